The van der Waals surface area contributed by atoms with E-state index in [-0.39, 0.29) is 23.4 Å². The van der Waals surface area contributed by atoms with E-state index in [9.17, 15) is 22.4 Å². The molecule has 0 radical (unpaired) electrons. The quantitative estimate of drug-likeness (QED) is 0.660. The van der Waals surface area contributed by atoms with Gasteiger partial charge in [0.25, 0.3) is 5.91 Å². The average molecular weight is 400 g/mol. The number of primary sulfonamides is 1. The highest BCUT2D eigenvalue weighted by Crippen LogP contribution is 2.21. The molecule has 0 saturated heterocycles. The fourth-order valence-electron chi connectivity index (χ4n) is 2.07. The number of halogens is 2. The molecule has 138 valence electrons. The van der Waals surface area contributed by atoms with Crippen molar-refractivity contribution in [3.8, 4) is 0 Å². The van der Waals surface area contributed by atoms with Gasteiger partial charge in [0.05, 0.1) is 5.02 Å². The van der Waals surface area contributed by atoms with Gasteiger partial charge in [-0.05, 0) is 36.2 Å². The summed E-state index contributed by atoms with van der Waals surface area (Å²) in [4.78, 5) is 23.4. The fourth-order valence-corrected chi connectivity index (χ4v) is 3.14. The van der Waals surface area contributed by atoms with Crippen LogP contribution >= 0.6 is 11.6 Å². The third-order valence-corrected chi connectivity index (χ3v) is 4.79. The monoisotopic (exact) mass is 399 g/mol. The lowest BCUT2D eigenvalue weighted by Crippen LogP contribution is -2.41. The van der Waals surface area contributed by atoms with Crippen LogP contribution in [-0.2, 0) is 21.2 Å². The lowest BCUT2D eigenvalue weighted by atomic mass is 10.1. The average Bonchev–Trinajstić information content (AvgIpc) is 2.58. The fraction of sp³-hybridized carbons (Fsp3) is 0.125. The number of carbonyl (C=O) groups excluding carboxylic acids is 2. The molecule has 0 spiro atoms. The first-order valence-corrected chi connectivity index (χ1v) is 9.26. The number of sulfonamides is 1. The van der Waals surface area contributed by atoms with Crippen LogP contribution in [0.1, 0.15) is 22.3 Å². The largest absolute Gasteiger partial charge is 0.273 e. The zero-order valence-electron chi connectivity index (χ0n) is 13.3. The number of nitrogens with one attached hydrogen (secondary N) is 2. The molecule has 26 heavy (non-hydrogen) atoms. The summed E-state index contributed by atoms with van der Waals surface area (Å²) in [7, 11) is -4.10. The van der Waals surface area contributed by atoms with Gasteiger partial charge in [0.15, 0.2) is 0 Å². The molecule has 0 atom stereocenters. The minimum Gasteiger partial charge on any atom is -0.273 e. The summed E-state index contributed by atoms with van der Waals surface area (Å²) in [6.45, 7) is 0. The van der Waals surface area contributed by atoms with Crippen molar-refractivity contribution in [2.24, 2.45) is 5.14 Å². The summed E-state index contributed by atoms with van der Waals surface area (Å²) < 4.78 is 36.3. The number of nitrogens with two attached hydrogens (primary N) is 1. The molecule has 2 aromatic carbocycles. The second-order valence-electron chi connectivity index (χ2n) is 5.28. The third kappa shape index (κ3) is 5.25. The van der Waals surface area contributed by atoms with Crippen LogP contribution in [0.15, 0.2) is 47.4 Å². The van der Waals surface area contributed by atoms with Gasteiger partial charge in [-0.25, -0.2) is 17.9 Å². The van der Waals surface area contributed by atoms with Crippen molar-refractivity contribution < 1.29 is 22.4 Å². The summed E-state index contributed by atoms with van der Waals surface area (Å²) in [5.74, 6) is -1.71. The third-order valence-electron chi connectivity index (χ3n) is 3.39. The highest BCUT2D eigenvalue weighted by Gasteiger charge is 2.16. The molecule has 0 aliphatic heterocycles. The molecule has 2 aromatic rings. The molecule has 0 aliphatic rings. The second-order valence-corrected chi connectivity index (χ2v) is 7.22. The van der Waals surface area contributed by atoms with Crippen molar-refractivity contribution in [2.75, 3.05) is 0 Å². The Balaban J connectivity index is 1.94. The van der Waals surface area contributed by atoms with Gasteiger partial charge in [-0.2, -0.15) is 0 Å². The van der Waals surface area contributed by atoms with Gasteiger partial charge in [0.1, 0.15) is 10.7 Å². The maximum Gasteiger partial charge on any atom is 0.269 e. The Bertz CT molecular complexity index is 950. The first-order valence-electron chi connectivity index (χ1n) is 7.33. The zero-order chi connectivity index (χ0) is 19.3. The smallest absolute Gasteiger partial charge is 0.269 e. The second kappa shape index (κ2) is 8.26. The van der Waals surface area contributed by atoms with Crippen molar-refractivity contribution in [1.82, 2.24) is 10.9 Å². The van der Waals surface area contributed by atoms with Crippen molar-refractivity contribution in [2.45, 2.75) is 17.7 Å². The Morgan fingerprint density at radius 1 is 1.12 bits per heavy atom. The van der Waals surface area contributed by atoms with Crippen LogP contribution in [0.2, 0.25) is 5.02 Å². The zero-order valence-corrected chi connectivity index (χ0v) is 14.9. The van der Waals surface area contributed by atoms with E-state index in [0.717, 1.165) is 6.07 Å². The van der Waals surface area contributed by atoms with Crippen LogP contribution in [0.4, 0.5) is 4.39 Å². The molecule has 0 fully saturated rings. The number of hydrazine groups is 1. The Kier molecular flexibility index (Phi) is 6.30. The summed E-state index contributed by atoms with van der Waals surface area (Å²) in [6, 6.07) is 9.53. The van der Waals surface area contributed by atoms with E-state index in [1.807, 2.05) is 0 Å². The molecule has 2 rings (SSSR count). The first-order chi connectivity index (χ1) is 12.2. The van der Waals surface area contributed by atoms with E-state index in [1.54, 1.807) is 18.2 Å². The SMILES string of the molecule is NS(=O)(=O)c1cc(C(=O)NNC(=O)CCc2ccccc2F)ccc1Cl. The Labute approximate surface area is 154 Å². The number of benzene rings is 2. The summed E-state index contributed by atoms with van der Waals surface area (Å²) >= 11 is 5.73. The van der Waals surface area contributed by atoms with Gasteiger partial charge in [-0.15, -0.1) is 0 Å². The van der Waals surface area contributed by atoms with E-state index in [2.05, 4.69) is 10.9 Å². The lowest BCUT2D eigenvalue weighted by Gasteiger charge is -2.09. The van der Waals surface area contributed by atoms with Crippen LogP contribution < -0.4 is 16.0 Å². The van der Waals surface area contributed by atoms with Crippen molar-refractivity contribution in [3.63, 3.8) is 0 Å². The summed E-state index contributed by atoms with van der Waals surface area (Å²) in [6.07, 6.45) is 0.106. The van der Waals surface area contributed by atoms with Crippen LogP contribution in [0.3, 0.4) is 0 Å². The molecule has 0 bridgehead atoms. The van der Waals surface area contributed by atoms with E-state index >= 15 is 0 Å². The molecule has 0 aliphatic carbocycles. The standard InChI is InChI=1S/C16H15ClFN3O4S/c17-12-7-5-11(9-14(12)26(19,24)25)16(23)21-20-15(22)8-6-10-3-1-2-4-13(10)18/h1-5,7,9H,6,8H2,(H,20,22)(H,21,23)(H2,19,24,25). The van der Waals surface area contributed by atoms with Gasteiger partial charge in [0.2, 0.25) is 15.9 Å². The molecular formula is C16H15ClFN3O4S. The van der Waals surface area contributed by atoms with E-state index in [0.29, 0.717) is 5.56 Å². The van der Waals surface area contributed by atoms with Crippen molar-refractivity contribution in [3.05, 3.63) is 64.4 Å². The van der Waals surface area contributed by atoms with E-state index < -0.39 is 32.6 Å². The highest BCUT2D eigenvalue weighted by atomic mass is 35.5. The predicted octanol–water partition coefficient (Wildman–Crippen LogP) is 1.52. The topological polar surface area (TPSA) is 118 Å². The van der Waals surface area contributed by atoms with Crippen molar-refractivity contribution in [1.29, 1.82) is 0 Å². The minimum absolute atomic E-state index is 0.0513. The normalized spacial score (nSPS) is 11.0. The molecule has 0 heterocycles. The highest BCUT2D eigenvalue weighted by molar-refractivity contribution is 7.89. The predicted molar refractivity (Wildman–Crippen MR) is 93.2 cm³/mol. The molecule has 0 aromatic heterocycles. The van der Waals surface area contributed by atoms with Gasteiger partial charge in [0, 0.05) is 12.0 Å². The Morgan fingerprint density at radius 2 is 1.81 bits per heavy atom. The maximum atomic E-state index is 13.5. The number of hydrogen-bond acceptors (Lipinski definition) is 4. The first kappa shape index (κ1) is 19.8. The summed E-state index contributed by atoms with van der Waals surface area (Å²) in [5, 5.41) is 4.88. The number of hydrogen-bond donors (Lipinski definition) is 3. The molecule has 2 amide bonds. The number of amides is 2. The van der Waals surface area contributed by atoms with Crippen molar-refractivity contribution >= 4 is 33.4 Å². The van der Waals surface area contributed by atoms with Crippen LogP contribution in [0.5, 0.6) is 0 Å². The van der Waals surface area contributed by atoms with E-state index in [1.165, 1.54) is 18.2 Å². The molecule has 4 N–H and O–H groups in total. The molecular weight excluding hydrogens is 385 g/mol. The Morgan fingerprint density at radius 3 is 2.46 bits per heavy atom. The summed E-state index contributed by atoms with van der Waals surface area (Å²) in [5.41, 5.74) is 4.62. The van der Waals surface area contributed by atoms with Crippen LogP contribution in [-0.4, -0.2) is 20.2 Å². The van der Waals surface area contributed by atoms with Gasteiger partial charge < -0.3 is 0 Å². The molecule has 0 saturated carbocycles. The van der Waals surface area contributed by atoms with Gasteiger partial charge in [-0.3, -0.25) is 20.4 Å². The van der Waals surface area contributed by atoms with Crippen LogP contribution in [0, 0.1) is 5.82 Å². The maximum absolute atomic E-state index is 13.5. The van der Waals surface area contributed by atoms with E-state index in [4.69, 9.17) is 16.7 Å². The molecule has 10 heteroatoms. The number of aryl methyl sites for hydroxylation is 1. The van der Waals surface area contributed by atoms with Gasteiger partial charge in [-0.1, -0.05) is 29.8 Å². The molecule has 7 nitrogen and oxygen atoms in total. The van der Waals surface area contributed by atoms with Crippen LogP contribution in [0.25, 0.3) is 0 Å². The molecule has 0 unspecified atom stereocenters. The number of carbonyl (C=O) groups is 2. The Hall–Kier alpha value is -2.49. The minimum atomic E-state index is -4.10. The lowest BCUT2D eigenvalue weighted by molar-refractivity contribution is -0.121. The number of rotatable bonds is 5. The van der Waals surface area contributed by atoms with Gasteiger partial charge >= 0.3 is 0 Å².